The smallest absolute Gasteiger partial charge is 0.258 e. The average Bonchev–Trinajstić information content (AvgIpc) is 2.68. The zero-order chi connectivity index (χ0) is 20.1. The minimum absolute atomic E-state index is 0.101. The van der Waals surface area contributed by atoms with Crippen LogP contribution < -0.4 is 15.0 Å². The van der Waals surface area contributed by atoms with E-state index in [1.54, 1.807) is 18.2 Å². The van der Waals surface area contributed by atoms with Gasteiger partial charge in [-0.2, -0.15) is 0 Å². The molecule has 6 heteroatoms. The molecule has 1 saturated heterocycles. The SMILES string of the molecule is CC1CCN(c2ccc([C@H](C)NC(=O)COc3ccc(Cl)cc3Cl)cc2)CC1. The number of hydrogen-bond donors (Lipinski definition) is 1. The van der Waals surface area contributed by atoms with Gasteiger partial charge in [-0.1, -0.05) is 42.3 Å². The first kappa shape index (κ1) is 20.8. The maximum Gasteiger partial charge on any atom is 0.258 e. The highest BCUT2D eigenvalue weighted by Gasteiger charge is 2.17. The topological polar surface area (TPSA) is 41.6 Å². The van der Waals surface area contributed by atoms with Gasteiger partial charge >= 0.3 is 0 Å². The van der Waals surface area contributed by atoms with Crippen LogP contribution >= 0.6 is 23.2 Å². The molecule has 1 aliphatic heterocycles. The van der Waals surface area contributed by atoms with Gasteiger partial charge in [0.2, 0.25) is 0 Å². The molecule has 0 unspecified atom stereocenters. The van der Waals surface area contributed by atoms with Gasteiger partial charge in [-0.15, -0.1) is 0 Å². The highest BCUT2D eigenvalue weighted by Crippen LogP contribution is 2.27. The standard InChI is InChI=1S/C22H26Cl2N2O2/c1-15-9-11-26(12-10-15)19-6-3-17(4-7-19)16(2)25-22(27)14-28-21-8-5-18(23)13-20(21)24/h3-8,13,15-16H,9-12,14H2,1-2H3,(H,25,27)/t16-/m0/s1. The van der Waals surface area contributed by atoms with Crippen molar-refractivity contribution >= 4 is 34.8 Å². The summed E-state index contributed by atoms with van der Waals surface area (Å²) in [6.45, 7) is 6.39. The lowest BCUT2D eigenvalue weighted by Crippen LogP contribution is -2.33. The average molecular weight is 421 g/mol. The van der Waals surface area contributed by atoms with Gasteiger partial charge in [-0.05, 0) is 61.6 Å². The number of anilines is 1. The van der Waals surface area contributed by atoms with Crippen LogP contribution in [0.4, 0.5) is 5.69 Å². The van der Waals surface area contributed by atoms with Gasteiger partial charge < -0.3 is 15.0 Å². The molecule has 150 valence electrons. The van der Waals surface area contributed by atoms with Crippen LogP contribution in [0.3, 0.4) is 0 Å². The third-order valence-corrected chi connectivity index (χ3v) is 5.70. The van der Waals surface area contributed by atoms with Crippen molar-refractivity contribution in [2.24, 2.45) is 5.92 Å². The Hall–Kier alpha value is -1.91. The number of piperidine rings is 1. The Morgan fingerprint density at radius 3 is 2.50 bits per heavy atom. The van der Waals surface area contributed by atoms with Crippen molar-refractivity contribution in [2.75, 3.05) is 24.6 Å². The highest BCUT2D eigenvalue weighted by atomic mass is 35.5. The molecule has 1 fully saturated rings. The van der Waals surface area contributed by atoms with Gasteiger partial charge in [0.1, 0.15) is 5.75 Å². The number of halogens is 2. The number of rotatable bonds is 6. The number of nitrogens with zero attached hydrogens (tertiary/aromatic N) is 1. The Bertz CT molecular complexity index is 803. The van der Waals surface area contributed by atoms with Crippen LogP contribution in [0, 0.1) is 5.92 Å². The molecule has 2 aromatic rings. The summed E-state index contributed by atoms with van der Waals surface area (Å²) >= 11 is 11.9. The quantitative estimate of drug-likeness (QED) is 0.671. The molecular formula is C22H26Cl2N2O2. The molecule has 1 N–H and O–H groups in total. The van der Waals surface area contributed by atoms with Gasteiger partial charge in [0.15, 0.2) is 6.61 Å². The fourth-order valence-electron chi connectivity index (χ4n) is 3.34. The zero-order valence-electron chi connectivity index (χ0n) is 16.3. The molecule has 0 bridgehead atoms. The molecule has 1 aliphatic rings. The van der Waals surface area contributed by atoms with E-state index in [2.05, 4.69) is 41.4 Å². The van der Waals surface area contributed by atoms with Crippen LogP contribution in [0.2, 0.25) is 10.0 Å². The summed E-state index contributed by atoms with van der Waals surface area (Å²) in [5, 5.41) is 3.87. The second kappa shape index (κ2) is 9.53. The Morgan fingerprint density at radius 1 is 1.18 bits per heavy atom. The van der Waals surface area contributed by atoms with Gasteiger partial charge in [0.05, 0.1) is 11.1 Å². The number of hydrogen-bond acceptors (Lipinski definition) is 3. The Kier molecular flexibility index (Phi) is 7.08. The monoisotopic (exact) mass is 420 g/mol. The molecule has 0 saturated carbocycles. The third-order valence-electron chi connectivity index (χ3n) is 5.17. The Labute approximate surface area is 176 Å². The van der Waals surface area contributed by atoms with E-state index in [4.69, 9.17) is 27.9 Å². The second-order valence-electron chi connectivity index (χ2n) is 7.41. The van der Waals surface area contributed by atoms with E-state index in [1.807, 2.05) is 6.92 Å². The van der Waals surface area contributed by atoms with Crippen LogP contribution in [0.15, 0.2) is 42.5 Å². The summed E-state index contributed by atoms with van der Waals surface area (Å²) in [5.41, 5.74) is 2.31. The lowest BCUT2D eigenvalue weighted by molar-refractivity contribution is -0.123. The number of amides is 1. The van der Waals surface area contributed by atoms with Crippen LogP contribution in [-0.4, -0.2) is 25.6 Å². The maximum atomic E-state index is 12.2. The third kappa shape index (κ3) is 5.55. The molecule has 4 nitrogen and oxygen atoms in total. The van der Waals surface area contributed by atoms with Crippen LogP contribution in [0.5, 0.6) is 5.75 Å². The molecule has 3 rings (SSSR count). The van der Waals surface area contributed by atoms with Crippen LogP contribution in [0.1, 0.15) is 38.3 Å². The van der Waals surface area contributed by atoms with Crippen LogP contribution in [-0.2, 0) is 4.79 Å². The van der Waals surface area contributed by atoms with E-state index in [0.29, 0.717) is 15.8 Å². The van der Waals surface area contributed by atoms with Crippen molar-refractivity contribution < 1.29 is 9.53 Å². The fraction of sp³-hybridized carbons (Fsp3) is 0.409. The highest BCUT2D eigenvalue weighted by molar-refractivity contribution is 6.35. The van der Waals surface area contributed by atoms with Crippen molar-refractivity contribution in [2.45, 2.75) is 32.7 Å². The molecule has 1 atom stereocenters. The molecular weight excluding hydrogens is 395 g/mol. The number of carbonyl (C=O) groups excluding carboxylic acids is 1. The summed E-state index contributed by atoms with van der Waals surface area (Å²) in [7, 11) is 0. The molecule has 1 heterocycles. The Morgan fingerprint density at radius 2 is 1.86 bits per heavy atom. The van der Waals surface area contributed by atoms with E-state index < -0.39 is 0 Å². The summed E-state index contributed by atoms with van der Waals surface area (Å²) < 4.78 is 5.49. The minimum Gasteiger partial charge on any atom is -0.482 e. The van der Waals surface area contributed by atoms with Crippen LogP contribution in [0.25, 0.3) is 0 Å². The van der Waals surface area contributed by atoms with Crippen molar-refractivity contribution in [3.63, 3.8) is 0 Å². The minimum atomic E-state index is -0.201. The number of benzene rings is 2. The second-order valence-corrected chi connectivity index (χ2v) is 8.26. The molecule has 0 radical (unpaired) electrons. The molecule has 0 aliphatic carbocycles. The maximum absolute atomic E-state index is 12.2. The lowest BCUT2D eigenvalue weighted by atomic mass is 9.98. The Balaban J connectivity index is 1.51. The predicted octanol–water partition coefficient (Wildman–Crippen LogP) is 5.49. The molecule has 2 aromatic carbocycles. The van der Waals surface area contributed by atoms with Gasteiger partial charge in [-0.3, -0.25) is 4.79 Å². The van der Waals surface area contributed by atoms with E-state index >= 15 is 0 Å². The van der Waals surface area contributed by atoms with Gasteiger partial charge in [0, 0.05) is 23.8 Å². The molecule has 0 aromatic heterocycles. The fourth-order valence-corrected chi connectivity index (χ4v) is 3.81. The molecule has 28 heavy (non-hydrogen) atoms. The van der Waals surface area contributed by atoms with Crippen molar-refractivity contribution in [1.29, 1.82) is 0 Å². The largest absolute Gasteiger partial charge is 0.482 e. The molecule has 0 spiro atoms. The summed E-state index contributed by atoms with van der Waals surface area (Å²) in [5.74, 6) is 1.05. The predicted molar refractivity (Wildman–Crippen MR) is 116 cm³/mol. The first-order chi connectivity index (χ1) is 13.4. The number of nitrogens with one attached hydrogen (secondary N) is 1. The first-order valence-electron chi connectivity index (χ1n) is 9.64. The van der Waals surface area contributed by atoms with E-state index in [1.165, 1.54) is 18.5 Å². The van der Waals surface area contributed by atoms with E-state index in [9.17, 15) is 4.79 Å². The van der Waals surface area contributed by atoms with Crippen molar-refractivity contribution in [1.82, 2.24) is 5.32 Å². The normalized spacial score (nSPS) is 15.9. The number of ether oxygens (including phenoxy) is 1. The van der Waals surface area contributed by atoms with Crippen molar-refractivity contribution in [3.05, 3.63) is 58.1 Å². The zero-order valence-corrected chi connectivity index (χ0v) is 17.8. The van der Waals surface area contributed by atoms with Crippen molar-refractivity contribution in [3.8, 4) is 5.75 Å². The van der Waals surface area contributed by atoms with Gasteiger partial charge in [0.25, 0.3) is 5.91 Å². The summed E-state index contributed by atoms with van der Waals surface area (Å²) in [6, 6.07) is 13.2. The molecule has 1 amide bonds. The van der Waals surface area contributed by atoms with Gasteiger partial charge in [-0.25, -0.2) is 0 Å². The first-order valence-corrected chi connectivity index (χ1v) is 10.4. The lowest BCUT2D eigenvalue weighted by Gasteiger charge is -2.32. The van der Waals surface area contributed by atoms with E-state index in [-0.39, 0.29) is 18.6 Å². The van der Waals surface area contributed by atoms with E-state index in [0.717, 1.165) is 24.6 Å². The summed E-state index contributed by atoms with van der Waals surface area (Å²) in [4.78, 5) is 14.6. The summed E-state index contributed by atoms with van der Waals surface area (Å²) in [6.07, 6.45) is 2.48. The number of carbonyl (C=O) groups is 1.